The van der Waals surface area contributed by atoms with E-state index in [2.05, 4.69) is 0 Å². The summed E-state index contributed by atoms with van der Waals surface area (Å²) in [5.41, 5.74) is -1.55. The average molecular weight is 282 g/mol. The van der Waals surface area contributed by atoms with Gasteiger partial charge in [-0.05, 0) is 0 Å². The van der Waals surface area contributed by atoms with Gasteiger partial charge >= 0.3 is 11.9 Å². The Morgan fingerprint density at radius 2 is 1.20 bits per heavy atom. The smallest absolute Gasteiger partial charge is 0.337 e. The molecule has 0 fully saturated rings. The Bertz CT molecular complexity index is 508. The first-order chi connectivity index (χ1) is 9.22. The van der Waals surface area contributed by atoms with Gasteiger partial charge in [0.05, 0.1) is 25.4 Å². The summed E-state index contributed by atoms with van der Waals surface area (Å²) in [6.45, 7) is 3.46. The maximum Gasteiger partial charge on any atom is 0.337 e. The Labute approximate surface area is 116 Å². The summed E-state index contributed by atoms with van der Waals surface area (Å²) in [7, 11) is 2.45. The van der Waals surface area contributed by atoms with E-state index in [0.717, 1.165) is 0 Å². The lowest BCUT2D eigenvalue weighted by atomic mass is 9.64. The zero-order valence-corrected chi connectivity index (χ0v) is 11.9. The highest BCUT2D eigenvalue weighted by Crippen LogP contribution is 2.66. The van der Waals surface area contributed by atoms with Crippen molar-refractivity contribution in [1.82, 2.24) is 0 Å². The summed E-state index contributed by atoms with van der Waals surface area (Å²) in [6, 6.07) is 0. The molecule has 0 aliphatic heterocycles. The maximum absolute atomic E-state index is 11.9. The molecule has 0 spiro atoms. The summed E-state index contributed by atoms with van der Waals surface area (Å²) in [5, 5.41) is 20.2. The molecule has 2 N–H and O–H groups in total. The molecule has 0 aromatic rings. The van der Waals surface area contributed by atoms with Gasteiger partial charge in [-0.3, -0.25) is 0 Å². The van der Waals surface area contributed by atoms with Crippen LogP contribution in [-0.4, -0.2) is 36.4 Å². The highest BCUT2D eigenvalue weighted by molar-refractivity contribution is 5.96. The van der Waals surface area contributed by atoms with Gasteiger partial charge < -0.3 is 19.7 Å². The first-order valence-electron chi connectivity index (χ1n) is 6.24. The Morgan fingerprint density at radius 1 is 0.900 bits per heavy atom. The van der Waals surface area contributed by atoms with Crippen molar-refractivity contribution in [2.45, 2.75) is 26.7 Å². The fourth-order valence-electron chi connectivity index (χ4n) is 3.49. The molecule has 0 saturated carbocycles. The van der Waals surface area contributed by atoms with Crippen LogP contribution in [0.25, 0.3) is 0 Å². The minimum Gasteiger partial charge on any atom is -0.512 e. The standard InChI is InChI=1S/C14H18O6/c1-13-5-7(15)10(12(18)20-4)14(13,2)6-8(16)9(13)11(17)19-3/h15-16H,5-6H2,1-4H3. The second-order valence-electron chi connectivity index (χ2n) is 5.64. The van der Waals surface area contributed by atoms with Crippen LogP contribution < -0.4 is 0 Å². The molecule has 6 heteroatoms. The zero-order chi connectivity index (χ0) is 15.3. The number of fused-ring (bicyclic) bond motifs is 1. The van der Waals surface area contributed by atoms with Crippen molar-refractivity contribution in [3.05, 3.63) is 22.7 Å². The lowest BCUT2D eigenvalue weighted by Crippen LogP contribution is -2.36. The number of methoxy groups -OCH3 is 2. The predicted molar refractivity (Wildman–Crippen MR) is 68.8 cm³/mol. The molecule has 0 amide bonds. The normalized spacial score (nSPS) is 32.4. The zero-order valence-electron chi connectivity index (χ0n) is 11.9. The second kappa shape index (κ2) is 4.26. The number of carbonyl (C=O) groups is 2. The van der Waals surface area contributed by atoms with Crippen molar-refractivity contribution < 1.29 is 29.3 Å². The van der Waals surface area contributed by atoms with E-state index in [1.165, 1.54) is 14.2 Å². The van der Waals surface area contributed by atoms with E-state index in [4.69, 9.17) is 9.47 Å². The van der Waals surface area contributed by atoms with Gasteiger partial charge in [0.25, 0.3) is 0 Å². The average Bonchev–Trinajstić information content (AvgIpc) is 2.67. The lowest BCUT2D eigenvalue weighted by Gasteiger charge is -2.36. The van der Waals surface area contributed by atoms with Crippen molar-refractivity contribution in [3.63, 3.8) is 0 Å². The first kappa shape index (κ1) is 14.4. The second-order valence-corrected chi connectivity index (χ2v) is 5.64. The van der Waals surface area contributed by atoms with Crippen molar-refractivity contribution in [2.75, 3.05) is 14.2 Å². The number of esters is 2. The Hall–Kier alpha value is -1.98. The van der Waals surface area contributed by atoms with E-state index >= 15 is 0 Å². The molecular weight excluding hydrogens is 264 g/mol. The van der Waals surface area contributed by atoms with Gasteiger partial charge in [-0.2, -0.15) is 0 Å². The third-order valence-corrected chi connectivity index (χ3v) is 4.72. The van der Waals surface area contributed by atoms with Crippen LogP contribution >= 0.6 is 0 Å². The largest absolute Gasteiger partial charge is 0.512 e. The summed E-state index contributed by atoms with van der Waals surface area (Å²) in [4.78, 5) is 23.8. The number of rotatable bonds is 2. The van der Waals surface area contributed by atoms with Crippen LogP contribution in [-0.2, 0) is 19.1 Å². The molecule has 2 aliphatic rings. The highest BCUT2D eigenvalue weighted by atomic mass is 16.5. The third kappa shape index (κ3) is 1.50. The number of ether oxygens (including phenoxy) is 2. The molecule has 110 valence electrons. The molecule has 0 saturated heterocycles. The highest BCUT2D eigenvalue weighted by Gasteiger charge is 2.64. The SMILES string of the molecule is COC(=O)C1=C(O)CC2(C)C(C(=O)OC)=C(O)CC12C. The molecular formula is C14H18O6. The van der Waals surface area contributed by atoms with E-state index in [9.17, 15) is 19.8 Å². The van der Waals surface area contributed by atoms with E-state index in [1.807, 2.05) is 0 Å². The molecule has 0 aromatic heterocycles. The fourth-order valence-corrected chi connectivity index (χ4v) is 3.49. The van der Waals surface area contributed by atoms with Crippen LogP contribution in [0.4, 0.5) is 0 Å². The van der Waals surface area contributed by atoms with E-state index in [0.29, 0.717) is 0 Å². The quantitative estimate of drug-likeness (QED) is 0.750. The summed E-state index contributed by atoms with van der Waals surface area (Å²) >= 11 is 0. The molecule has 0 heterocycles. The van der Waals surface area contributed by atoms with Gasteiger partial charge in [0.15, 0.2) is 0 Å². The van der Waals surface area contributed by atoms with E-state index in [-0.39, 0.29) is 35.5 Å². The molecule has 6 nitrogen and oxygen atoms in total. The molecule has 2 aliphatic carbocycles. The molecule has 0 aromatic carbocycles. The molecule has 0 radical (unpaired) electrons. The van der Waals surface area contributed by atoms with Crippen LogP contribution in [0.5, 0.6) is 0 Å². The van der Waals surface area contributed by atoms with E-state index in [1.54, 1.807) is 13.8 Å². The topological polar surface area (TPSA) is 93.1 Å². The maximum atomic E-state index is 11.9. The van der Waals surface area contributed by atoms with Gasteiger partial charge in [-0.25, -0.2) is 9.59 Å². The number of hydrogen-bond donors (Lipinski definition) is 2. The van der Waals surface area contributed by atoms with Gasteiger partial charge in [-0.1, -0.05) is 13.8 Å². The van der Waals surface area contributed by atoms with Crippen molar-refractivity contribution in [1.29, 1.82) is 0 Å². The van der Waals surface area contributed by atoms with Crippen molar-refractivity contribution in [3.8, 4) is 0 Å². The minimum absolute atomic E-state index is 0.0857. The van der Waals surface area contributed by atoms with Crippen molar-refractivity contribution in [2.24, 2.45) is 10.8 Å². The Kier molecular flexibility index (Phi) is 3.07. The fraction of sp³-hybridized carbons (Fsp3) is 0.571. The first-order valence-corrected chi connectivity index (χ1v) is 6.24. The number of hydrogen-bond acceptors (Lipinski definition) is 6. The van der Waals surface area contributed by atoms with Crippen LogP contribution in [0.2, 0.25) is 0 Å². The summed E-state index contributed by atoms with van der Waals surface area (Å²) in [5.74, 6) is -1.49. The summed E-state index contributed by atoms with van der Waals surface area (Å²) in [6.07, 6.45) is 0.171. The third-order valence-electron chi connectivity index (χ3n) is 4.72. The predicted octanol–water partition coefficient (Wildman–Crippen LogP) is 1.78. The number of aliphatic hydroxyl groups excluding tert-OH is 2. The van der Waals surface area contributed by atoms with Gasteiger partial charge in [-0.15, -0.1) is 0 Å². The van der Waals surface area contributed by atoms with Crippen LogP contribution in [0.1, 0.15) is 26.7 Å². The minimum atomic E-state index is -0.891. The van der Waals surface area contributed by atoms with Crippen LogP contribution in [0, 0.1) is 10.8 Å². The molecule has 2 atom stereocenters. The van der Waals surface area contributed by atoms with E-state index < -0.39 is 22.8 Å². The van der Waals surface area contributed by atoms with Crippen LogP contribution in [0.15, 0.2) is 22.7 Å². The monoisotopic (exact) mass is 282 g/mol. The summed E-state index contributed by atoms with van der Waals surface area (Å²) < 4.78 is 9.41. The number of aliphatic hydroxyl groups is 2. The van der Waals surface area contributed by atoms with Crippen molar-refractivity contribution >= 4 is 11.9 Å². The number of carbonyl (C=O) groups excluding carboxylic acids is 2. The molecule has 0 bridgehead atoms. The molecule has 20 heavy (non-hydrogen) atoms. The van der Waals surface area contributed by atoms with Gasteiger partial charge in [0.1, 0.15) is 11.5 Å². The number of allylic oxidation sites excluding steroid dienone is 2. The Balaban J connectivity index is 2.56. The van der Waals surface area contributed by atoms with Gasteiger partial charge in [0, 0.05) is 23.7 Å². The Morgan fingerprint density at radius 3 is 1.45 bits per heavy atom. The van der Waals surface area contributed by atoms with Crippen LogP contribution in [0.3, 0.4) is 0 Å². The molecule has 2 rings (SSSR count). The van der Waals surface area contributed by atoms with Gasteiger partial charge in [0.2, 0.25) is 0 Å². The lowest BCUT2D eigenvalue weighted by molar-refractivity contribution is -0.140. The molecule has 2 unspecified atom stereocenters.